The Bertz CT molecular complexity index is 897. The second-order valence-electron chi connectivity index (χ2n) is 10.2. The van der Waals surface area contributed by atoms with Crippen molar-refractivity contribution in [2.24, 2.45) is 5.92 Å². The summed E-state index contributed by atoms with van der Waals surface area (Å²) in [7, 11) is 0. The number of nitrogens with one attached hydrogen (secondary N) is 1. The molecule has 1 aromatic carbocycles. The van der Waals surface area contributed by atoms with Gasteiger partial charge in [-0.05, 0) is 44.6 Å². The number of amides is 3. The Hall–Kier alpha value is -2.63. The summed E-state index contributed by atoms with van der Waals surface area (Å²) < 4.78 is 0. The minimum atomic E-state index is -0.498. The predicted octanol–water partition coefficient (Wildman–Crippen LogP) is 4.55. The number of likely N-dealkylation sites (tertiary alicyclic amines) is 1. The Morgan fingerprint density at radius 3 is 2.26 bits per heavy atom. The van der Waals surface area contributed by atoms with Gasteiger partial charge in [0.1, 0.15) is 0 Å². The van der Waals surface area contributed by atoms with Crippen LogP contribution in [-0.2, 0) is 20.9 Å². The molecule has 6 heteroatoms. The number of hydrogen-bond acceptors (Lipinski definition) is 3. The van der Waals surface area contributed by atoms with E-state index in [2.05, 4.69) is 5.32 Å². The van der Waals surface area contributed by atoms with Gasteiger partial charge in [-0.3, -0.25) is 14.4 Å². The monoisotopic (exact) mass is 465 g/mol. The van der Waals surface area contributed by atoms with E-state index in [9.17, 15) is 14.4 Å². The number of rotatable bonds is 6. The quantitative estimate of drug-likeness (QED) is 0.670. The molecule has 1 N–H and O–H groups in total. The predicted molar refractivity (Wildman–Crippen MR) is 132 cm³/mol. The topological polar surface area (TPSA) is 69.7 Å². The summed E-state index contributed by atoms with van der Waals surface area (Å²) in [5.41, 5.74) is 2.46. The van der Waals surface area contributed by atoms with Crippen molar-refractivity contribution in [1.29, 1.82) is 0 Å². The Kier molecular flexibility index (Phi) is 8.41. The molecule has 2 fully saturated rings. The number of carbonyl (C=O) groups is 3. The number of hydrogen-bond donors (Lipinski definition) is 1. The summed E-state index contributed by atoms with van der Waals surface area (Å²) in [6, 6.07) is 10.1. The van der Waals surface area contributed by atoms with Crippen LogP contribution in [0.4, 0.5) is 0 Å². The van der Waals surface area contributed by atoms with Gasteiger partial charge in [-0.15, -0.1) is 0 Å². The lowest BCUT2D eigenvalue weighted by Crippen LogP contribution is -2.45. The van der Waals surface area contributed by atoms with Crippen molar-refractivity contribution in [3.63, 3.8) is 0 Å². The van der Waals surface area contributed by atoms with Crippen LogP contribution in [0, 0.1) is 5.92 Å². The van der Waals surface area contributed by atoms with Crippen LogP contribution < -0.4 is 5.32 Å². The summed E-state index contributed by atoms with van der Waals surface area (Å²) in [6.07, 6.45) is 10.4. The minimum Gasteiger partial charge on any atom is -0.353 e. The molecular formula is C28H39N3O3. The van der Waals surface area contributed by atoms with Crippen molar-refractivity contribution < 1.29 is 14.4 Å². The number of benzene rings is 1. The first kappa shape index (κ1) is 24.5. The van der Waals surface area contributed by atoms with E-state index < -0.39 is 5.92 Å². The average molecular weight is 466 g/mol. The third-order valence-corrected chi connectivity index (χ3v) is 7.64. The maximum Gasteiger partial charge on any atom is 0.251 e. The molecule has 0 spiro atoms. The van der Waals surface area contributed by atoms with Crippen LogP contribution >= 0.6 is 0 Å². The van der Waals surface area contributed by atoms with Gasteiger partial charge < -0.3 is 15.1 Å². The molecule has 1 unspecified atom stereocenters. The van der Waals surface area contributed by atoms with Crippen LogP contribution in [0.15, 0.2) is 41.6 Å². The zero-order valence-electron chi connectivity index (χ0n) is 20.6. The lowest BCUT2D eigenvalue weighted by molar-refractivity contribution is -0.139. The molecule has 34 heavy (non-hydrogen) atoms. The molecule has 1 saturated carbocycles. The van der Waals surface area contributed by atoms with Crippen molar-refractivity contribution in [3.05, 3.63) is 47.2 Å². The van der Waals surface area contributed by atoms with Crippen LogP contribution in [0.25, 0.3) is 0 Å². The van der Waals surface area contributed by atoms with Gasteiger partial charge in [0.15, 0.2) is 0 Å². The van der Waals surface area contributed by atoms with E-state index in [1.807, 2.05) is 42.2 Å². The molecule has 2 heterocycles. The first-order chi connectivity index (χ1) is 16.5. The highest BCUT2D eigenvalue weighted by Crippen LogP contribution is 2.32. The fourth-order valence-corrected chi connectivity index (χ4v) is 5.62. The Labute approximate surface area is 203 Å². The van der Waals surface area contributed by atoms with Crippen molar-refractivity contribution >= 4 is 17.7 Å². The third kappa shape index (κ3) is 6.08. The highest BCUT2D eigenvalue weighted by molar-refractivity contribution is 5.98. The first-order valence-electron chi connectivity index (χ1n) is 13.2. The fraction of sp³-hybridized carbons (Fsp3) is 0.607. The van der Waals surface area contributed by atoms with E-state index in [1.165, 1.54) is 6.42 Å². The molecule has 1 atom stereocenters. The van der Waals surface area contributed by atoms with Gasteiger partial charge in [0, 0.05) is 36.8 Å². The second-order valence-corrected chi connectivity index (χ2v) is 10.2. The molecule has 1 aliphatic carbocycles. The highest BCUT2D eigenvalue weighted by atomic mass is 16.2. The molecule has 4 rings (SSSR count). The largest absolute Gasteiger partial charge is 0.353 e. The standard InChI is InChI=1S/C28H39N3O3/c1-21-25(28(34)30-16-10-2-3-11-17-30)18-23(19-26(32)29-24-14-8-5-9-15-24)27(33)31(21)20-22-12-6-4-7-13-22/h4,6-7,12-13,23-24H,2-3,5,8-11,14-20H2,1H3,(H,29,32). The maximum atomic E-state index is 13.6. The van der Waals surface area contributed by atoms with E-state index in [0.717, 1.165) is 75.7 Å². The average Bonchev–Trinajstić information content (AvgIpc) is 3.14. The number of allylic oxidation sites excluding steroid dienone is 1. The fourth-order valence-electron chi connectivity index (χ4n) is 5.62. The van der Waals surface area contributed by atoms with Crippen molar-refractivity contribution in [1.82, 2.24) is 15.1 Å². The summed E-state index contributed by atoms with van der Waals surface area (Å²) in [6.45, 7) is 3.86. The normalized spacial score (nSPS) is 22.5. The molecular weight excluding hydrogens is 426 g/mol. The van der Waals surface area contributed by atoms with E-state index in [4.69, 9.17) is 0 Å². The molecule has 1 aromatic rings. The maximum absolute atomic E-state index is 13.6. The first-order valence-corrected chi connectivity index (χ1v) is 13.2. The third-order valence-electron chi connectivity index (χ3n) is 7.64. The molecule has 6 nitrogen and oxygen atoms in total. The van der Waals surface area contributed by atoms with Gasteiger partial charge in [0.05, 0.1) is 12.5 Å². The Morgan fingerprint density at radius 1 is 0.941 bits per heavy atom. The van der Waals surface area contributed by atoms with Crippen molar-refractivity contribution in [3.8, 4) is 0 Å². The van der Waals surface area contributed by atoms with Crippen LogP contribution in [-0.4, -0.2) is 46.7 Å². The van der Waals surface area contributed by atoms with Gasteiger partial charge >= 0.3 is 0 Å². The smallest absolute Gasteiger partial charge is 0.251 e. The molecule has 0 bridgehead atoms. The molecule has 0 aromatic heterocycles. The molecule has 3 amide bonds. The molecule has 184 valence electrons. The van der Waals surface area contributed by atoms with Crippen LogP contribution in [0.3, 0.4) is 0 Å². The van der Waals surface area contributed by atoms with E-state index >= 15 is 0 Å². The van der Waals surface area contributed by atoms with Gasteiger partial charge in [0.25, 0.3) is 5.91 Å². The van der Waals surface area contributed by atoms with Crippen LogP contribution in [0.5, 0.6) is 0 Å². The van der Waals surface area contributed by atoms with Gasteiger partial charge in [0.2, 0.25) is 11.8 Å². The summed E-state index contributed by atoms with van der Waals surface area (Å²) in [4.78, 5) is 43.8. The zero-order valence-corrected chi connectivity index (χ0v) is 20.6. The molecule has 0 radical (unpaired) electrons. The lowest BCUT2D eigenvalue weighted by Gasteiger charge is -2.36. The van der Waals surface area contributed by atoms with Gasteiger partial charge in [-0.2, -0.15) is 0 Å². The summed E-state index contributed by atoms with van der Waals surface area (Å²) >= 11 is 0. The van der Waals surface area contributed by atoms with Crippen LogP contribution in [0.2, 0.25) is 0 Å². The van der Waals surface area contributed by atoms with E-state index in [0.29, 0.717) is 18.5 Å². The number of nitrogens with zero attached hydrogens (tertiary/aromatic N) is 2. The van der Waals surface area contributed by atoms with E-state index in [1.54, 1.807) is 4.90 Å². The Morgan fingerprint density at radius 2 is 1.59 bits per heavy atom. The molecule has 2 aliphatic heterocycles. The van der Waals surface area contributed by atoms with E-state index in [-0.39, 0.29) is 30.2 Å². The SMILES string of the molecule is CC1=C(C(=O)N2CCCCCC2)CC(CC(=O)NC2CCCCC2)C(=O)N1Cc1ccccc1. The second kappa shape index (κ2) is 11.7. The zero-order chi connectivity index (χ0) is 23.9. The van der Waals surface area contributed by atoms with Gasteiger partial charge in [-0.1, -0.05) is 62.4 Å². The van der Waals surface area contributed by atoms with Gasteiger partial charge in [-0.25, -0.2) is 0 Å². The van der Waals surface area contributed by atoms with Crippen LogP contribution in [0.1, 0.15) is 83.1 Å². The van der Waals surface area contributed by atoms with Crippen molar-refractivity contribution in [2.75, 3.05) is 13.1 Å². The Balaban J connectivity index is 1.54. The lowest BCUT2D eigenvalue weighted by atomic mass is 9.87. The highest BCUT2D eigenvalue weighted by Gasteiger charge is 2.38. The summed E-state index contributed by atoms with van der Waals surface area (Å²) in [5.74, 6) is -0.566. The minimum absolute atomic E-state index is 0.0441. The molecule has 3 aliphatic rings. The van der Waals surface area contributed by atoms with Crippen molar-refractivity contribution in [2.45, 2.75) is 90.1 Å². The molecule has 1 saturated heterocycles. The number of carbonyl (C=O) groups excluding carboxylic acids is 3. The summed E-state index contributed by atoms with van der Waals surface area (Å²) in [5, 5.41) is 3.16.